The van der Waals surface area contributed by atoms with Crippen molar-refractivity contribution in [2.45, 2.75) is 25.4 Å². The molecule has 4 nitrogen and oxygen atoms in total. The number of hydrogen-bond donors (Lipinski definition) is 1. The van der Waals surface area contributed by atoms with E-state index in [9.17, 15) is 0 Å². The first-order valence-electron chi connectivity index (χ1n) is 5.97. The minimum Gasteiger partial charge on any atom is -0.496 e. The van der Waals surface area contributed by atoms with Crippen LogP contribution in [0.5, 0.6) is 5.75 Å². The molecule has 0 spiro atoms. The van der Waals surface area contributed by atoms with Gasteiger partial charge in [0, 0.05) is 23.7 Å². The number of nitrogens with two attached hydrogens (primary N) is 1. The summed E-state index contributed by atoms with van der Waals surface area (Å²) in [5.41, 5.74) is 6.92. The van der Waals surface area contributed by atoms with Gasteiger partial charge in [-0.1, -0.05) is 17.7 Å². The van der Waals surface area contributed by atoms with Gasteiger partial charge in [0.2, 0.25) is 0 Å². The third-order valence-corrected chi connectivity index (χ3v) is 3.35. The van der Waals surface area contributed by atoms with E-state index in [-0.39, 0.29) is 0 Å². The van der Waals surface area contributed by atoms with Crippen molar-refractivity contribution in [3.8, 4) is 5.75 Å². The molecule has 1 fully saturated rings. The van der Waals surface area contributed by atoms with Crippen molar-refractivity contribution in [3.63, 3.8) is 0 Å². The molecule has 0 heterocycles. The number of ether oxygens (including phenoxy) is 1. The highest BCUT2D eigenvalue weighted by atomic mass is 35.5. The average Bonchev–Trinajstić information content (AvgIpc) is 3.20. The quantitative estimate of drug-likeness (QED) is 0.672. The number of nitrogens with zero attached hydrogens (tertiary/aromatic N) is 2. The lowest BCUT2D eigenvalue weighted by Gasteiger charge is -2.17. The summed E-state index contributed by atoms with van der Waals surface area (Å²) < 4.78 is 5.27. The maximum Gasteiger partial charge on any atom is 0.191 e. The fourth-order valence-corrected chi connectivity index (χ4v) is 1.94. The highest BCUT2D eigenvalue weighted by Gasteiger charge is 2.27. The molecule has 0 atom stereocenters. The maximum absolute atomic E-state index is 5.94. The Bertz CT molecular complexity index is 458. The van der Waals surface area contributed by atoms with Crippen molar-refractivity contribution in [2.75, 3.05) is 14.2 Å². The topological polar surface area (TPSA) is 50.9 Å². The third-order valence-electron chi connectivity index (χ3n) is 3.12. The predicted octanol–water partition coefficient (Wildman–Crippen LogP) is 2.26. The second-order valence-electron chi connectivity index (χ2n) is 4.47. The van der Waals surface area contributed by atoms with Gasteiger partial charge in [0.1, 0.15) is 5.75 Å². The van der Waals surface area contributed by atoms with Crippen molar-refractivity contribution < 1.29 is 4.74 Å². The van der Waals surface area contributed by atoms with Crippen LogP contribution in [-0.2, 0) is 6.54 Å². The van der Waals surface area contributed by atoms with Gasteiger partial charge < -0.3 is 15.4 Å². The van der Waals surface area contributed by atoms with Crippen LogP contribution >= 0.6 is 11.6 Å². The first kappa shape index (κ1) is 13.0. The Morgan fingerprint density at radius 3 is 2.89 bits per heavy atom. The molecular weight excluding hydrogens is 250 g/mol. The number of guanidine groups is 1. The monoisotopic (exact) mass is 267 g/mol. The van der Waals surface area contributed by atoms with Crippen LogP contribution in [0.1, 0.15) is 18.4 Å². The Labute approximate surface area is 112 Å². The molecule has 18 heavy (non-hydrogen) atoms. The Hall–Kier alpha value is -1.42. The zero-order valence-electron chi connectivity index (χ0n) is 10.7. The van der Waals surface area contributed by atoms with Crippen molar-refractivity contribution in [1.29, 1.82) is 0 Å². The highest BCUT2D eigenvalue weighted by Crippen LogP contribution is 2.26. The molecule has 0 aliphatic heterocycles. The van der Waals surface area contributed by atoms with Gasteiger partial charge >= 0.3 is 0 Å². The summed E-state index contributed by atoms with van der Waals surface area (Å²) in [4.78, 5) is 6.42. The standard InChI is InChI=1S/C13H18ClN3O/c1-17(11-5-6-11)13(15)16-8-9-3-4-10(14)7-12(9)18-2/h3-4,7,11H,5-6,8H2,1-2H3,(H2,15,16). The Morgan fingerprint density at radius 2 is 2.28 bits per heavy atom. The fourth-order valence-electron chi connectivity index (χ4n) is 1.78. The molecule has 5 heteroatoms. The first-order chi connectivity index (χ1) is 8.61. The molecule has 1 saturated carbocycles. The first-order valence-corrected chi connectivity index (χ1v) is 6.34. The van der Waals surface area contributed by atoms with Crippen LogP contribution in [0.25, 0.3) is 0 Å². The Balaban J connectivity index is 2.06. The molecule has 1 aromatic carbocycles. The van der Waals surface area contributed by atoms with Crippen LogP contribution in [0, 0.1) is 0 Å². The fraction of sp³-hybridized carbons (Fsp3) is 0.462. The van der Waals surface area contributed by atoms with E-state index in [0.29, 0.717) is 23.6 Å². The number of hydrogen-bond acceptors (Lipinski definition) is 2. The van der Waals surface area contributed by atoms with E-state index in [1.165, 1.54) is 12.8 Å². The van der Waals surface area contributed by atoms with Crippen LogP contribution in [0.4, 0.5) is 0 Å². The van der Waals surface area contributed by atoms with Crippen LogP contribution in [-0.4, -0.2) is 31.1 Å². The molecule has 0 aromatic heterocycles. The largest absolute Gasteiger partial charge is 0.496 e. The van der Waals surface area contributed by atoms with Crippen LogP contribution in [0.2, 0.25) is 5.02 Å². The zero-order chi connectivity index (χ0) is 13.1. The lowest BCUT2D eigenvalue weighted by molar-refractivity contribution is 0.409. The van der Waals surface area contributed by atoms with E-state index in [4.69, 9.17) is 22.1 Å². The smallest absolute Gasteiger partial charge is 0.191 e. The Morgan fingerprint density at radius 1 is 1.56 bits per heavy atom. The summed E-state index contributed by atoms with van der Waals surface area (Å²) in [5.74, 6) is 1.32. The second kappa shape index (κ2) is 5.48. The van der Waals surface area contributed by atoms with Gasteiger partial charge in [-0.2, -0.15) is 0 Å². The predicted molar refractivity (Wildman–Crippen MR) is 74.1 cm³/mol. The van der Waals surface area contributed by atoms with Crippen LogP contribution in [0.3, 0.4) is 0 Å². The molecule has 0 unspecified atom stereocenters. The van der Waals surface area contributed by atoms with Crippen molar-refractivity contribution >= 4 is 17.6 Å². The lowest BCUT2D eigenvalue weighted by Crippen LogP contribution is -2.35. The molecule has 0 amide bonds. The molecule has 1 aromatic rings. The van der Waals surface area contributed by atoms with Gasteiger partial charge in [0.15, 0.2) is 5.96 Å². The third kappa shape index (κ3) is 3.07. The van der Waals surface area contributed by atoms with E-state index in [0.717, 1.165) is 11.3 Å². The maximum atomic E-state index is 5.94. The Kier molecular flexibility index (Phi) is 3.97. The van der Waals surface area contributed by atoms with Crippen LogP contribution in [0.15, 0.2) is 23.2 Å². The zero-order valence-corrected chi connectivity index (χ0v) is 11.4. The number of benzene rings is 1. The van der Waals surface area contributed by atoms with E-state index in [1.807, 2.05) is 24.1 Å². The summed E-state index contributed by atoms with van der Waals surface area (Å²) >= 11 is 5.91. The molecule has 2 rings (SSSR count). The molecule has 98 valence electrons. The number of rotatable bonds is 4. The van der Waals surface area contributed by atoms with Gasteiger partial charge in [-0.3, -0.25) is 0 Å². The molecule has 1 aliphatic rings. The van der Waals surface area contributed by atoms with Crippen molar-refractivity contribution in [3.05, 3.63) is 28.8 Å². The molecule has 2 N–H and O–H groups in total. The molecule has 0 saturated heterocycles. The summed E-state index contributed by atoms with van der Waals surface area (Å²) in [6, 6.07) is 6.10. The average molecular weight is 268 g/mol. The van der Waals surface area contributed by atoms with E-state index in [2.05, 4.69) is 4.99 Å². The molecule has 0 bridgehead atoms. The normalized spacial score (nSPS) is 15.6. The van der Waals surface area contributed by atoms with Gasteiger partial charge in [-0.05, 0) is 25.0 Å². The van der Waals surface area contributed by atoms with Crippen molar-refractivity contribution in [1.82, 2.24) is 4.90 Å². The van der Waals surface area contributed by atoms with E-state index < -0.39 is 0 Å². The summed E-state index contributed by atoms with van der Waals surface area (Å²) in [6.45, 7) is 0.503. The molecule has 0 radical (unpaired) electrons. The second-order valence-corrected chi connectivity index (χ2v) is 4.91. The van der Waals surface area contributed by atoms with Crippen LogP contribution < -0.4 is 10.5 Å². The SMILES string of the molecule is COc1cc(Cl)ccc1CN=C(N)N(C)C1CC1. The van der Waals surface area contributed by atoms with Gasteiger partial charge in [-0.25, -0.2) is 4.99 Å². The van der Waals surface area contributed by atoms with E-state index in [1.54, 1.807) is 13.2 Å². The van der Waals surface area contributed by atoms with E-state index >= 15 is 0 Å². The lowest BCUT2D eigenvalue weighted by atomic mass is 10.2. The minimum atomic E-state index is 0.503. The molecular formula is C13H18ClN3O. The summed E-state index contributed by atoms with van der Waals surface area (Å²) in [6.07, 6.45) is 2.41. The summed E-state index contributed by atoms with van der Waals surface area (Å²) in [5, 5.41) is 0.655. The highest BCUT2D eigenvalue weighted by molar-refractivity contribution is 6.30. The van der Waals surface area contributed by atoms with Gasteiger partial charge in [0.05, 0.1) is 13.7 Å². The number of aliphatic imine (C=N–C) groups is 1. The van der Waals surface area contributed by atoms with Crippen molar-refractivity contribution in [2.24, 2.45) is 10.7 Å². The van der Waals surface area contributed by atoms with Gasteiger partial charge in [-0.15, -0.1) is 0 Å². The number of methoxy groups -OCH3 is 1. The molecule has 1 aliphatic carbocycles. The minimum absolute atomic E-state index is 0.503. The van der Waals surface area contributed by atoms with Gasteiger partial charge in [0.25, 0.3) is 0 Å². The number of halogens is 1. The summed E-state index contributed by atoms with van der Waals surface area (Å²) in [7, 11) is 3.61.